The van der Waals surface area contributed by atoms with E-state index in [1.807, 2.05) is 61.5 Å². The number of methoxy groups -OCH3 is 1. The molecule has 2 heterocycles. The second-order valence-corrected chi connectivity index (χ2v) is 5.62. The summed E-state index contributed by atoms with van der Waals surface area (Å²) in [6.07, 6.45) is 0. The summed E-state index contributed by atoms with van der Waals surface area (Å²) in [7, 11) is 1.62. The van der Waals surface area contributed by atoms with Crippen LogP contribution in [0.3, 0.4) is 0 Å². The fourth-order valence-corrected chi connectivity index (χ4v) is 2.71. The smallest absolute Gasteiger partial charge is 0.258 e. The zero-order valence-electron chi connectivity index (χ0n) is 14.5. The van der Waals surface area contributed by atoms with Crippen LogP contribution in [-0.4, -0.2) is 28.8 Å². The van der Waals surface area contributed by atoms with Crippen LogP contribution >= 0.6 is 0 Å². The van der Waals surface area contributed by atoms with Crippen LogP contribution in [0.2, 0.25) is 0 Å². The van der Waals surface area contributed by atoms with Gasteiger partial charge in [0.1, 0.15) is 5.75 Å². The Morgan fingerprint density at radius 3 is 2.73 bits per heavy atom. The molecule has 0 aliphatic rings. The van der Waals surface area contributed by atoms with E-state index >= 15 is 0 Å². The molecule has 130 valence electrons. The molecule has 0 fully saturated rings. The maximum atomic E-state index is 5.70. The van der Waals surface area contributed by atoms with Crippen molar-refractivity contribution in [2.45, 2.75) is 6.92 Å². The van der Waals surface area contributed by atoms with Crippen molar-refractivity contribution in [2.24, 2.45) is 0 Å². The van der Waals surface area contributed by atoms with Crippen molar-refractivity contribution >= 4 is 10.9 Å². The number of para-hydroxylation sites is 1. The number of nitrogens with zero attached hydrogens (tertiary/aromatic N) is 3. The monoisotopic (exact) mass is 347 g/mol. The summed E-state index contributed by atoms with van der Waals surface area (Å²) in [4.78, 5) is 9.11. The topological polar surface area (TPSA) is 70.3 Å². The number of benzene rings is 2. The molecule has 0 N–H and O–H groups in total. The molecule has 26 heavy (non-hydrogen) atoms. The standard InChI is InChI=1S/C20H17N3O3/c1-3-25-20-16(12-13-7-4-5-10-17(13)21-20)18-22-19(26-23-18)14-8-6-9-15(11-14)24-2/h4-12H,3H2,1-2H3. The van der Waals surface area contributed by atoms with Crippen molar-refractivity contribution in [1.82, 2.24) is 15.1 Å². The van der Waals surface area contributed by atoms with Crippen molar-refractivity contribution < 1.29 is 14.0 Å². The molecule has 2 aromatic carbocycles. The van der Waals surface area contributed by atoms with E-state index in [1.54, 1.807) is 7.11 Å². The normalized spacial score (nSPS) is 10.8. The van der Waals surface area contributed by atoms with Crippen LogP contribution in [0.15, 0.2) is 59.1 Å². The van der Waals surface area contributed by atoms with E-state index in [0.717, 1.165) is 22.2 Å². The summed E-state index contributed by atoms with van der Waals surface area (Å²) in [5, 5.41) is 5.11. The first kappa shape index (κ1) is 16.1. The first-order valence-electron chi connectivity index (χ1n) is 8.29. The fourth-order valence-electron chi connectivity index (χ4n) is 2.71. The molecule has 0 aliphatic heterocycles. The van der Waals surface area contributed by atoms with E-state index in [1.165, 1.54) is 0 Å². The Hall–Kier alpha value is -3.41. The first-order valence-corrected chi connectivity index (χ1v) is 8.29. The molecule has 0 spiro atoms. The summed E-state index contributed by atoms with van der Waals surface area (Å²) in [6, 6.07) is 17.3. The van der Waals surface area contributed by atoms with Crippen molar-refractivity contribution in [3.8, 4) is 34.5 Å². The minimum absolute atomic E-state index is 0.412. The second-order valence-electron chi connectivity index (χ2n) is 5.62. The molecule has 0 amide bonds. The highest BCUT2D eigenvalue weighted by atomic mass is 16.5. The summed E-state index contributed by atoms with van der Waals surface area (Å²) >= 11 is 0. The van der Waals surface area contributed by atoms with Gasteiger partial charge < -0.3 is 14.0 Å². The lowest BCUT2D eigenvalue weighted by atomic mass is 10.1. The predicted octanol–water partition coefficient (Wildman–Crippen LogP) is 4.36. The Labute approximate surface area is 150 Å². The van der Waals surface area contributed by atoms with Crippen LogP contribution in [-0.2, 0) is 0 Å². The highest BCUT2D eigenvalue weighted by molar-refractivity contribution is 5.85. The van der Waals surface area contributed by atoms with Gasteiger partial charge in [-0.1, -0.05) is 29.4 Å². The highest BCUT2D eigenvalue weighted by Gasteiger charge is 2.17. The van der Waals surface area contributed by atoms with Crippen LogP contribution < -0.4 is 9.47 Å². The number of hydrogen-bond acceptors (Lipinski definition) is 6. The van der Waals surface area contributed by atoms with E-state index in [4.69, 9.17) is 14.0 Å². The van der Waals surface area contributed by atoms with Gasteiger partial charge in [0.25, 0.3) is 5.89 Å². The Morgan fingerprint density at radius 2 is 1.88 bits per heavy atom. The maximum Gasteiger partial charge on any atom is 0.258 e. The zero-order valence-corrected chi connectivity index (χ0v) is 14.5. The summed E-state index contributed by atoms with van der Waals surface area (Å²) in [5.41, 5.74) is 2.34. The van der Waals surface area contributed by atoms with E-state index in [-0.39, 0.29) is 0 Å². The van der Waals surface area contributed by atoms with Gasteiger partial charge >= 0.3 is 0 Å². The second kappa shape index (κ2) is 6.84. The quantitative estimate of drug-likeness (QED) is 0.534. The third-order valence-corrected chi connectivity index (χ3v) is 3.95. The first-order chi connectivity index (χ1) is 12.8. The number of pyridine rings is 1. The Balaban J connectivity index is 1.80. The molecule has 4 rings (SSSR count). The minimum atomic E-state index is 0.412. The molecular formula is C20H17N3O3. The predicted molar refractivity (Wildman–Crippen MR) is 98.2 cm³/mol. The van der Waals surface area contributed by atoms with Crippen LogP contribution in [0.5, 0.6) is 11.6 Å². The zero-order chi connectivity index (χ0) is 17.9. The molecule has 0 aliphatic carbocycles. The third kappa shape index (κ3) is 2.97. The van der Waals surface area contributed by atoms with E-state index in [0.29, 0.717) is 29.8 Å². The van der Waals surface area contributed by atoms with Crippen LogP contribution in [0.1, 0.15) is 6.92 Å². The van der Waals surface area contributed by atoms with Gasteiger partial charge in [-0.15, -0.1) is 0 Å². The molecular weight excluding hydrogens is 330 g/mol. The lowest BCUT2D eigenvalue weighted by molar-refractivity contribution is 0.329. The average molecular weight is 347 g/mol. The molecule has 4 aromatic rings. The van der Waals surface area contributed by atoms with Gasteiger partial charge in [0, 0.05) is 10.9 Å². The average Bonchev–Trinajstić information content (AvgIpc) is 3.18. The maximum absolute atomic E-state index is 5.70. The van der Waals surface area contributed by atoms with E-state index in [2.05, 4.69) is 15.1 Å². The minimum Gasteiger partial charge on any atom is -0.497 e. The molecule has 0 saturated heterocycles. The van der Waals surface area contributed by atoms with Gasteiger partial charge in [-0.2, -0.15) is 4.98 Å². The Morgan fingerprint density at radius 1 is 1.00 bits per heavy atom. The molecule has 0 bridgehead atoms. The van der Waals surface area contributed by atoms with Crippen LogP contribution in [0, 0.1) is 0 Å². The highest BCUT2D eigenvalue weighted by Crippen LogP contribution is 2.32. The number of aromatic nitrogens is 3. The molecule has 6 nitrogen and oxygen atoms in total. The Kier molecular flexibility index (Phi) is 4.23. The molecule has 6 heteroatoms. The van der Waals surface area contributed by atoms with Gasteiger partial charge in [-0.3, -0.25) is 0 Å². The number of fused-ring (bicyclic) bond motifs is 1. The van der Waals surface area contributed by atoms with Gasteiger partial charge in [0.2, 0.25) is 11.7 Å². The van der Waals surface area contributed by atoms with Crippen molar-refractivity contribution in [1.29, 1.82) is 0 Å². The Bertz CT molecular complexity index is 1060. The number of rotatable bonds is 5. The fraction of sp³-hybridized carbons (Fsp3) is 0.150. The largest absolute Gasteiger partial charge is 0.497 e. The van der Waals surface area contributed by atoms with Gasteiger partial charge in [-0.05, 0) is 37.3 Å². The van der Waals surface area contributed by atoms with Crippen molar-refractivity contribution in [3.05, 3.63) is 54.6 Å². The molecule has 0 atom stereocenters. The van der Waals surface area contributed by atoms with E-state index in [9.17, 15) is 0 Å². The summed E-state index contributed by atoms with van der Waals surface area (Å²) in [5.74, 6) is 2.06. The third-order valence-electron chi connectivity index (χ3n) is 3.95. The SMILES string of the molecule is CCOc1nc2ccccc2cc1-c1noc(-c2cccc(OC)c2)n1. The molecule has 0 saturated carbocycles. The van der Waals surface area contributed by atoms with Gasteiger partial charge in [-0.25, -0.2) is 4.98 Å². The van der Waals surface area contributed by atoms with Gasteiger partial charge in [0.15, 0.2) is 0 Å². The number of hydrogen-bond donors (Lipinski definition) is 0. The van der Waals surface area contributed by atoms with Crippen LogP contribution in [0.25, 0.3) is 33.7 Å². The van der Waals surface area contributed by atoms with E-state index < -0.39 is 0 Å². The lowest BCUT2D eigenvalue weighted by Crippen LogP contribution is -1.98. The molecule has 0 unspecified atom stereocenters. The van der Waals surface area contributed by atoms with Gasteiger partial charge in [0.05, 0.1) is 24.8 Å². The van der Waals surface area contributed by atoms with Crippen LogP contribution in [0.4, 0.5) is 0 Å². The molecule has 0 radical (unpaired) electrons. The molecule has 2 aromatic heterocycles. The lowest BCUT2D eigenvalue weighted by Gasteiger charge is -2.08. The van der Waals surface area contributed by atoms with Crippen molar-refractivity contribution in [3.63, 3.8) is 0 Å². The van der Waals surface area contributed by atoms with Crippen molar-refractivity contribution in [2.75, 3.05) is 13.7 Å². The summed E-state index contributed by atoms with van der Waals surface area (Å²) in [6.45, 7) is 2.41. The summed E-state index contributed by atoms with van der Waals surface area (Å²) < 4.78 is 16.4. The number of ether oxygens (including phenoxy) is 2.